The second-order valence-corrected chi connectivity index (χ2v) is 6.58. The van der Waals surface area contributed by atoms with Crippen molar-refractivity contribution < 1.29 is 17.9 Å². The van der Waals surface area contributed by atoms with Crippen LogP contribution in [0.5, 0.6) is 5.75 Å². The van der Waals surface area contributed by atoms with Gasteiger partial charge in [0.05, 0.1) is 24.6 Å². The van der Waals surface area contributed by atoms with Gasteiger partial charge in [0.15, 0.2) is 0 Å². The quantitative estimate of drug-likeness (QED) is 0.548. The molecular formula is C20H18F3N3OS. The van der Waals surface area contributed by atoms with Crippen molar-refractivity contribution in [2.75, 3.05) is 13.7 Å². The molecule has 28 heavy (non-hydrogen) atoms. The first-order valence-electron chi connectivity index (χ1n) is 8.50. The van der Waals surface area contributed by atoms with Crippen LogP contribution in [0, 0.1) is 0 Å². The molecule has 0 bridgehead atoms. The van der Waals surface area contributed by atoms with Crippen molar-refractivity contribution in [3.8, 4) is 17.0 Å². The molecule has 4 nitrogen and oxygen atoms in total. The van der Waals surface area contributed by atoms with Crippen LogP contribution in [0.4, 0.5) is 13.2 Å². The molecule has 0 aliphatic rings. The fourth-order valence-corrected chi connectivity index (χ4v) is 3.50. The van der Waals surface area contributed by atoms with E-state index in [-0.39, 0.29) is 5.56 Å². The SMILES string of the molecule is CCN=c1scc(-c2ccc(OC)cc2)n1N=Cc1ccccc1C(F)(F)F. The van der Waals surface area contributed by atoms with Gasteiger partial charge in [-0.05, 0) is 37.3 Å². The molecular weight excluding hydrogens is 387 g/mol. The standard InChI is InChI=1S/C20H18F3N3OS/c1-3-24-19-26(18(13-28-19)14-8-10-16(27-2)11-9-14)25-12-15-6-4-5-7-17(15)20(21,22)23/h4-13H,3H2,1-2H3. The van der Waals surface area contributed by atoms with Crippen molar-refractivity contribution in [3.63, 3.8) is 0 Å². The van der Waals surface area contributed by atoms with Gasteiger partial charge in [-0.15, -0.1) is 11.3 Å². The molecule has 0 atom stereocenters. The molecule has 8 heteroatoms. The zero-order valence-corrected chi connectivity index (χ0v) is 16.1. The Bertz CT molecular complexity index is 1030. The van der Waals surface area contributed by atoms with E-state index in [4.69, 9.17) is 4.74 Å². The summed E-state index contributed by atoms with van der Waals surface area (Å²) in [6, 6.07) is 12.7. The topological polar surface area (TPSA) is 38.9 Å². The van der Waals surface area contributed by atoms with Gasteiger partial charge in [-0.1, -0.05) is 18.2 Å². The van der Waals surface area contributed by atoms with E-state index < -0.39 is 11.7 Å². The van der Waals surface area contributed by atoms with Crippen LogP contribution in [0.3, 0.4) is 0 Å². The van der Waals surface area contributed by atoms with Gasteiger partial charge in [0, 0.05) is 23.1 Å². The van der Waals surface area contributed by atoms with Crippen molar-refractivity contribution in [1.29, 1.82) is 0 Å². The van der Waals surface area contributed by atoms with Crippen molar-refractivity contribution in [2.45, 2.75) is 13.1 Å². The third-order valence-electron chi connectivity index (χ3n) is 3.94. The fraction of sp³-hybridized carbons (Fsp3) is 0.200. The highest BCUT2D eigenvalue weighted by Gasteiger charge is 2.32. The minimum Gasteiger partial charge on any atom is -0.497 e. The third kappa shape index (κ3) is 4.33. The Morgan fingerprint density at radius 1 is 1.11 bits per heavy atom. The largest absolute Gasteiger partial charge is 0.497 e. The second-order valence-electron chi connectivity index (χ2n) is 5.75. The van der Waals surface area contributed by atoms with Gasteiger partial charge < -0.3 is 4.74 Å². The summed E-state index contributed by atoms with van der Waals surface area (Å²) in [5.74, 6) is 0.714. The lowest BCUT2D eigenvalue weighted by molar-refractivity contribution is -0.137. The number of halogens is 3. The Labute approximate surface area is 164 Å². The zero-order chi connectivity index (χ0) is 20.1. The van der Waals surface area contributed by atoms with Gasteiger partial charge in [0.2, 0.25) is 4.80 Å². The van der Waals surface area contributed by atoms with Gasteiger partial charge in [-0.25, -0.2) is 4.68 Å². The van der Waals surface area contributed by atoms with E-state index in [1.165, 1.54) is 29.7 Å². The molecule has 0 saturated carbocycles. The number of hydrogen-bond acceptors (Lipinski definition) is 4. The summed E-state index contributed by atoms with van der Waals surface area (Å²) < 4.78 is 46.4. The molecule has 0 amide bonds. The number of thiazole rings is 1. The Balaban J connectivity index is 2.08. The Kier molecular flexibility index (Phi) is 5.99. The molecule has 1 aromatic heterocycles. The van der Waals surface area contributed by atoms with E-state index >= 15 is 0 Å². The number of nitrogens with zero attached hydrogens (tertiary/aromatic N) is 3. The molecule has 0 N–H and O–H groups in total. The Morgan fingerprint density at radius 3 is 2.46 bits per heavy atom. The summed E-state index contributed by atoms with van der Waals surface area (Å²) in [4.78, 5) is 5.00. The van der Waals surface area contributed by atoms with Crippen LogP contribution in [0.1, 0.15) is 18.1 Å². The average molecular weight is 405 g/mol. The molecule has 0 aliphatic carbocycles. The first kappa shape index (κ1) is 19.9. The lowest BCUT2D eigenvalue weighted by atomic mass is 10.1. The van der Waals surface area contributed by atoms with E-state index in [0.717, 1.165) is 17.3 Å². The Morgan fingerprint density at radius 2 is 1.82 bits per heavy atom. The summed E-state index contributed by atoms with van der Waals surface area (Å²) >= 11 is 1.38. The van der Waals surface area contributed by atoms with E-state index in [1.54, 1.807) is 17.9 Å². The second kappa shape index (κ2) is 8.43. The van der Waals surface area contributed by atoms with Crippen LogP contribution in [-0.4, -0.2) is 24.5 Å². The lowest BCUT2D eigenvalue weighted by Crippen LogP contribution is -2.13. The van der Waals surface area contributed by atoms with Gasteiger partial charge in [-0.2, -0.15) is 18.3 Å². The maximum Gasteiger partial charge on any atom is 0.417 e. The molecule has 0 spiro atoms. The molecule has 3 aromatic rings. The van der Waals surface area contributed by atoms with Gasteiger partial charge in [0.1, 0.15) is 5.75 Å². The smallest absolute Gasteiger partial charge is 0.417 e. The number of benzene rings is 2. The predicted octanol–water partition coefficient (Wildman–Crippen LogP) is 5.05. The highest BCUT2D eigenvalue weighted by Crippen LogP contribution is 2.31. The molecule has 0 fully saturated rings. The minimum atomic E-state index is -4.45. The first-order chi connectivity index (χ1) is 13.4. The molecule has 0 radical (unpaired) electrons. The van der Waals surface area contributed by atoms with Gasteiger partial charge >= 0.3 is 6.18 Å². The summed E-state index contributed by atoms with van der Waals surface area (Å²) in [7, 11) is 1.58. The van der Waals surface area contributed by atoms with Crippen LogP contribution < -0.4 is 9.54 Å². The van der Waals surface area contributed by atoms with Crippen LogP contribution in [0.2, 0.25) is 0 Å². The molecule has 1 heterocycles. The van der Waals surface area contributed by atoms with Crippen LogP contribution in [-0.2, 0) is 6.18 Å². The molecule has 0 aliphatic heterocycles. The number of hydrogen-bond donors (Lipinski definition) is 0. The maximum atomic E-state index is 13.2. The minimum absolute atomic E-state index is 0.00294. The number of aromatic nitrogens is 1. The van der Waals surface area contributed by atoms with Crippen molar-refractivity contribution in [2.24, 2.45) is 10.1 Å². The van der Waals surface area contributed by atoms with Gasteiger partial charge in [-0.3, -0.25) is 4.99 Å². The van der Waals surface area contributed by atoms with Crippen molar-refractivity contribution in [3.05, 3.63) is 69.8 Å². The summed E-state index contributed by atoms with van der Waals surface area (Å²) in [6.45, 7) is 2.43. The normalized spacial score (nSPS) is 12.7. The number of methoxy groups -OCH3 is 1. The highest BCUT2D eigenvalue weighted by atomic mass is 32.1. The van der Waals surface area contributed by atoms with Crippen LogP contribution in [0.25, 0.3) is 11.3 Å². The van der Waals surface area contributed by atoms with Crippen LogP contribution in [0.15, 0.2) is 64.0 Å². The Hall–Kier alpha value is -2.87. The molecule has 0 unspecified atom stereocenters. The lowest BCUT2D eigenvalue weighted by Gasteiger charge is -2.09. The van der Waals surface area contributed by atoms with Gasteiger partial charge in [0.25, 0.3) is 0 Å². The summed E-state index contributed by atoms with van der Waals surface area (Å²) in [6.07, 6.45) is -3.23. The first-order valence-corrected chi connectivity index (χ1v) is 9.38. The highest BCUT2D eigenvalue weighted by molar-refractivity contribution is 7.07. The van der Waals surface area contributed by atoms with Crippen molar-refractivity contribution >= 4 is 17.6 Å². The van der Waals surface area contributed by atoms with Crippen molar-refractivity contribution in [1.82, 2.24) is 4.68 Å². The third-order valence-corrected chi connectivity index (χ3v) is 4.80. The van der Waals surface area contributed by atoms with E-state index in [2.05, 4.69) is 10.1 Å². The van der Waals surface area contributed by atoms with E-state index in [1.807, 2.05) is 36.6 Å². The predicted molar refractivity (Wildman–Crippen MR) is 105 cm³/mol. The number of ether oxygens (including phenoxy) is 1. The fourth-order valence-electron chi connectivity index (χ4n) is 2.60. The number of rotatable bonds is 5. The number of alkyl halides is 3. The van der Waals surface area contributed by atoms with E-state index in [0.29, 0.717) is 17.1 Å². The van der Waals surface area contributed by atoms with Crippen LogP contribution >= 0.6 is 11.3 Å². The molecule has 3 rings (SSSR count). The van der Waals surface area contributed by atoms with E-state index in [9.17, 15) is 13.2 Å². The maximum absolute atomic E-state index is 13.2. The summed E-state index contributed by atoms with van der Waals surface area (Å²) in [5.41, 5.74) is 0.864. The monoisotopic (exact) mass is 405 g/mol. The average Bonchev–Trinajstić information content (AvgIpc) is 3.09. The molecule has 2 aromatic carbocycles. The zero-order valence-electron chi connectivity index (χ0n) is 15.3. The molecule has 0 saturated heterocycles. The molecule has 146 valence electrons. The summed E-state index contributed by atoms with van der Waals surface area (Å²) in [5, 5.41) is 6.20.